The summed E-state index contributed by atoms with van der Waals surface area (Å²) in [5.74, 6) is -0.919. The van der Waals surface area contributed by atoms with Gasteiger partial charge in [0.1, 0.15) is 10.5 Å². The summed E-state index contributed by atoms with van der Waals surface area (Å²) in [6.07, 6.45) is 1.55. The van der Waals surface area contributed by atoms with Gasteiger partial charge in [0.2, 0.25) is 0 Å². The zero-order valence-corrected chi connectivity index (χ0v) is 12.9. The molecule has 20 heavy (non-hydrogen) atoms. The van der Waals surface area contributed by atoms with Crippen molar-refractivity contribution in [1.82, 2.24) is 15.1 Å². The molecule has 1 fully saturated rings. The van der Waals surface area contributed by atoms with E-state index < -0.39 is 12.0 Å². The summed E-state index contributed by atoms with van der Waals surface area (Å²) in [4.78, 5) is 25.2. The number of nitrogens with one attached hydrogen (secondary N) is 1. The van der Waals surface area contributed by atoms with E-state index in [0.717, 1.165) is 0 Å². The zero-order valence-electron chi connectivity index (χ0n) is 11.3. The van der Waals surface area contributed by atoms with Gasteiger partial charge in [-0.3, -0.25) is 4.79 Å². The molecule has 2 N–H and O–H groups in total. The second kappa shape index (κ2) is 5.92. The van der Waals surface area contributed by atoms with Gasteiger partial charge in [-0.25, -0.2) is 9.48 Å². The third kappa shape index (κ3) is 2.71. The van der Waals surface area contributed by atoms with Crippen LogP contribution in [-0.4, -0.2) is 46.5 Å². The van der Waals surface area contributed by atoms with Gasteiger partial charge in [-0.05, 0) is 29.8 Å². The molecule has 0 saturated carbocycles. The first kappa shape index (κ1) is 15.0. The Morgan fingerprint density at radius 3 is 2.90 bits per heavy atom. The van der Waals surface area contributed by atoms with Crippen molar-refractivity contribution in [3.8, 4) is 0 Å². The van der Waals surface area contributed by atoms with Crippen LogP contribution in [0.25, 0.3) is 0 Å². The SMILES string of the molecule is CC(C)n1ncc(N2CCNCC2C(=O)O)c(Br)c1=O. The highest BCUT2D eigenvalue weighted by molar-refractivity contribution is 9.10. The molecule has 2 rings (SSSR count). The van der Waals surface area contributed by atoms with Crippen LogP contribution in [0.2, 0.25) is 0 Å². The molecule has 1 unspecified atom stereocenters. The van der Waals surface area contributed by atoms with E-state index in [2.05, 4.69) is 26.3 Å². The van der Waals surface area contributed by atoms with Gasteiger partial charge in [-0.1, -0.05) is 0 Å². The van der Waals surface area contributed by atoms with Crippen LogP contribution in [-0.2, 0) is 4.79 Å². The molecule has 0 bridgehead atoms. The number of carboxylic acid groups (broad SMARTS) is 1. The lowest BCUT2D eigenvalue weighted by Crippen LogP contribution is -2.55. The second-order valence-corrected chi connectivity index (χ2v) is 5.73. The summed E-state index contributed by atoms with van der Waals surface area (Å²) >= 11 is 3.28. The van der Waals surface area contributed by atoms with Crippen LogP contribution in [0.4, 0.5) is 5.69 Å². The highest BCUT2D eigenvalue weighted by Gasteiger charge is 2.30. The number of hydrogen-bond acceptors (Lipinski definition) is 5. The van der Waals surface area contributed by atoms with E-state index in [1.807, 2.05) is 13.8 Å². The van der Waals surface area contributed by atoms with Gasteiger partial charge in [-0.15, -0.1) is 0 Å². The minimum atomic E-state index is -0.919. The zero-order chi connectivity index (χ0) is 14.9. The summed E-state index contributed by atoms with van der Waals surface area (Å²) in [5.41, 5.74) is 0.279. The summed E-state index contributed by atoms with van der Waals surface area (Å²) < 4.78 is 1.72. The van der Waals surface area contributed by atoms with Crippen LogP contribution in [0.5, 0.6) is 0 Å². The van der Waals surface area contributed by atoms with Gasteiger partial charge in [-0.2, -0.15) is 5.10 Å². The molecule has 8 heteroatoms. The molecule has 0 amide bonds. The van der Waals surface area contributed by atoms with Crippen molar-refractivity contribution >= 4 is 27.6 Å². The lowest BCUT2D eigenvalue weighted by molar-refractivity contribution is -0.138. The molecular weight excluding hydrogens is 328 g/mol. The van der Waals surface area contributed by atoms with E-state index in [1.54, 1.807) is 11.1 Å². The number of hydrogen-bond donors (Lipinski definition) is 2. The van der Waals surface area contributed by atoms with Crippen molar-refractivity contribution in [2.75, 3.05) is 24.5 Å². The molecule has 1 saturated heterocycles. The van der Waals surface area contributed by atoms with Crippen LogP contribution in [0.3, 0.4) is 0 Å². The van der Waals surface area contributed by atoms with Crippen molar-refractivity contribution in [2.24, 2.45) is 0 Å². The maximum absolute atomic E-state index is 12.2. The molecule has 0 aromatic carbocycles. The monoisotopic (exact) mass is 344 g/mol. The highest BCUT2D eigenvalue weighted by Crippen LogP contribution is 2.25. The Hall–Kier alpha value is -1.41. The lowest BCUT2D eigenvalue weighted by atomic mass is 10.2. The number of aliphatic carboxylic acids is 1. The molecule has 1 aliphatic heterocycles. The van der Waals surface area contributed by atoms with E-state index in [1.165, 1.54) is 4.68 Å². The number of piperazine rings is 1. The summed E-state index contributed by atoms with van der Waals surface area (Å²) in [5, 5.41) is 16.4. The van der Waals surface area contributed by atoms with Crippen molar-refractivity contribution in [3.63, 3.8) is 0 Å². The van der Waals surface area contributed by atoms with Crippen LogP contribution in [0.15, 0.2) is 15.5 Å². The van der Waals surface area contributed by atoms with Gasteiger partial charge in [0, 0.05) is 19.6 Å². The Morgan fingerprint density at radius 2 is 2.30 bits per heavy atom. The highest BCUT2D eigenvalue weighted by atomic mass is 79.9. The van der Waals surface area contributed by atoms with E-state index in [-0.39, 0.29) is 11.6 Å². The lowest BCUT2D eigenvalue weighted by Gasteiger charge is -2.35. The first-order valence-corrected chi connectivity index (χ1v) is 7.20. The number of carbonyl (C=O) groups is 1. The van der Waals surface area contributed by atoms with Gasteiger partial charge in [0.25, 0.3) is 5.56 Å². The molecule has 0 radical (unpaired) electrons. The first-order chi connectivity index (χ1) is 9.43. The number of aromatic nitrogens is 2. The minimum absolute atomic E-state index is 0.0499. The maximum Gasteiger partial charge on any atom is 0.327 e. The molecule has 7 nitrogen and oxygen atoms in total. The van der Waals surface area contributed by atoms with Crippen molar-refractivity contribution in [2.45, 2.75) is 25.9 Å². The van der Waals surface area contributed by atoms with Crippen LogP contribution in [0.1, 0.15) is 19.9 Å². The normalized spacial score (nSPS) is 19.4. The number of rotatable bonds is 3. The third-order valence-electron chi connectivity index (χ3n) is 3.25. The van der Waals surface area contributed by atoms with Crippen LogP contribution < -0.4 is 15.8 Å². The maximum atomic E-state index is 12.2. The topological polar surface area (TPSA) is 87.5 Å². The van der Waals surface area contributed by atoms with Gasteiger partial charge >= 0.3 is 5.97 Å². The second-order valence-electron chi connectivity index (χ2n) is 4.94. The average Bonchev–Trinajstić information content (AvgIpc) is 2.41. The fraction of sp³-hybridized carbons (Fsp3) is 0.583. The van der Waals surface area contributed by atoms with Crippen molar-refractivity contribution in [1.29, 1.82) is 0 Å². The summed E-state index contributed by atoms with van der Waals surface area (Å²) in [6, 6.07) is -0.748. The summed E-state index contributed by atoms with van der Waals surface area (Å²) in [7, 11) is 0. The number of anilines is 1. The van der Waals surface area contributed by atoms with Crippen molar-refractivity contribution in [3.05, 3.63) is 21.0 Å². The minimum Gasteiger partial charge on any atom is -0.480 e. The summed E-state index contributed by atoms with van der Waals surface area (Å²) in [6.45, 7) is 5.26. The molecule has 110 valence electrons. The molecule has 1 aromatic heterocycles. The largest absolute Gasteiger partial charge is 0.480 e. The standard InChI is InChI=1S/C12H17BrN4O3/c1-7(2)17-11(18)10(13)8(6-15-17)16-4-3-14-5-9(16)12(19)20/h6-7,9,14H,3-5H2,1-2H3,(H,19,20). The molecule has 1 aromatic rings. The predicted molar refractivity (Wildman–Crippen MR) is 78.2 cm³/mol. The van der Waals surface area contributed by atoms with Gasteiger partial charge < -0.3 is 15.3 Å². The van der Waals surface area contributed by atoms with E-state index in [9.17, 15) is 14.7 Å². The molecule has 0 aliphatic carbocycles. The molecule has 0 spiro atoms. The Labute approximate surface area is 124 Å². The van der Waals surface area contributed by atoms with Crippen LogP contribution >= 0.6 is 15.9 Å². The number of carboxylic acids is 1. The Bertz CT molecular complexity index is 572. The number of halogens is 1. The average molecular weight is 345 g/mol. The molecule has 1 atom stereocenters. The Morgan fingerprint density at radius 1 is 1.60 bits per heavy atom. The van der Waals surface area contributed by atoms with Crippen molar-refractivity contribution < 1.29 is 9.90 Å². The number of nitrogens with zero attached hydrogens (tertiary/aromatic N) is 3. The van der Waals surface area contributed by atoms with Crippen LogP contribution in [0, 0.1) is 0 Å². The third-order valence-corrected chi connectivity index (χ3v) is 4.00. The molecule has 2 heterocycles. The van der Waals surface area contributed by atoms with E-state index in [0.29, 0.717) is 29.8 Å². The fourth-order valence-corrected chi connectivity index (χ4v) is 2.73. The Kier molecular flexibility index (Phi) is 4.44. The first-order valence-electron chi connectivity index (χ1n) is 6.41. The molecule has 1 aliphatic rings. The van der Waals surface area contributed by atoms with Gasteiger partial charge in [0.15, 0.2) is 0 Å². The van der Waals surface area contributed by atoms with E-state index >= 15 is 0 Å². The fourth-order valence-electron chi connectivity index (χ4n) is 2.22. The smallest absolute Gasteiger partial charge is 0.327 e. The predicted octanol–water partition coefficient (Wildman–Crippen LogP) is 0.450. The van der Waals surface area contributed by atoms with E-state index in [4.69, 9.17) is 0 Å². The Balaban J connectivity index is 2.44. The molecular formula is C12H17BrN4O3. The van der Waals surface area contributed by atoms with Gasteiger partial charge in [0.05, 0.1) is 17.9 Å². The quantitative estimate of drug-likeness (QED) is 0.827.